The lowest BCUT2D eigenvalue weighted by Gasteiger charge is -2.14. The predicted molar refractivity (Wildman–Crippen MR) is 94.3 cm³/mol. The van der Waals surface area contributed by atoms with E-state index >= 15 is 0 Å². The van der Waals surface area contributed by atoms with Gasteiger partial charge in [-0.1, -0.05) is 26.0 Å². The van der Waals surface area contributed by atoms with Crippen LogP contribution in [0.15, 0.2) is 41.0 Å². The molecule has 0 aliphatic rings. The second kappa shape index (κ2) is 8.92. The number of aryl methyl sites for hydroxylation is 1. The summed E-state index contributed by atoms with van der Waals surface area (Å²) >= 11 is 0. The Labute approximate surface area is 147 Å². The second-order valence-corrected chi connectivity index (χ2v) is 6.12. The fourth-order valence-corrected chi connectivity index (χ4v) is 2.28. The molecule has 2 amide bonds. The molecule has 134 valence electrons. The van der Waals surface area contributed by atoms with Crippen molar-refractivity contribution in [2.24, 2.45) is 0 Å². The Morgan fingerprint density at radius 1 is 1.16 bits per heavy atom. The number of rotatable bonds is 8. The van der Waals surface area contributed by atoms with Gasteiger partial charge in [0.25, 0.3) is 5.91 Å². The van der Waals surface area contributed by atoms with Crippen molar-refractivity contribution in [1.29, 1.82) is 0 Å². The molecule has 6 nitrogen and oxygen atoms in total. The summed E-state index contributed by atoms with van der Waals surface area (Å²) in [5.74, 6) is 1.02. The van der Waals surface area contributed by atoms with E-state index in [1.165, 1.54) is 6.26 Å². The number of nitrogens with one attached hydrogen (secondary N) is 2. The van der Waals surface area contributed by atoms with Crippen LogP contribution in [0.4, 0.5) is 0 Å². The van der Waals surface area contributed by atoms with E-state index in [0.29, 0.717) is 24.0 Å². The number of ether oxygens (including phenoxy) is 1. The lowest BCUT2D eigenvalue weighted by molar-refractivity contribution is -0.127. The van der Waals surface area contributed by atoms with Crippen LogP contribution in [0.2, 0.25) is 0 Å². The van der Waals surface area contributed by atoms with Crippen LogP contribution in [0.1, 0.15) is 36.7 Å². The molecule has 25 heavy (non-hydrogen) atoms. The normalized spacial score (nSPS) is 10.6. The molecule has 0 aliphatic heterocycles. The highest BCUT2D eigenvalue weighted by Crippen LogP contribution is 2.27. The SMILES string of the molecule is Cc1ccc(C(C)C)c(OCC(=O)NCC(=O)NCc2ccco2)c1. The van der Waals surface area contributed by atoms with Gasteiger partial charge in [0.15, 0.2) is 6.61 Å². The fraction of sp³-hybridized carbons (Fsp3) is 0.368. The molecule has 0 saturated carbocycles. The molecule has 2 aromatic rings. The number of amides is 2. The largest absolute Gasteiger partial charge is 0.483 e. The van der Waals surface area contributed by atoms with E-state index in [0.717, 1.165) is 11.1 Å². The molecular formula is C19H24N2O4. The maximum Gasteiger partial charge on any atom is 0.258 e. The van der Waals surface area contributed by atoms with Crippen LogP contribution in [0, 0.1) is 6.92 Å². The Bertz CT molecular complexity index is 708. The summed E-state index contributed by atoms with van der Waals surface area (Å²) in [6, 6.07) is 9.46. The highest BCUT2D eigenvalue weighted by molar-refractivity contribution is 5.85. The first-order valence-electron chi connectivity index (χ1n) is 8.25. The fourth-order valence-electron chi connectivity index (χ4n) is 2.28. The first kappa shape index (κ1) is 18.6. The number of furan rings is 1. The van der Waals surface area contributed by atoms with Gasteiger partial charge in [-0.25, -0.2) is 0 Å². The van der Waals surface area contributed by atoms with E-state index in [1.54, 1.807) is 12.1 Å². The van der Waals surface area contributed by atoms with Crippen molar-refractivity contribution in [3.63, 3.8) is 0 Å². The number of carbonyl (C=O) groups excluding carboxylic acids is 2. The molecule has 0 bridgehead atoms. The van der Waals surface area contributed by atoms with Crippen LogP contribution in [0.5, 0.6) is 5.75 Å². The van der Waals surface area contributed by atoms with Crippen molar-refractivity contribution in [3.05, 3.63) is 53.5 Å². The zero-order valence-electron chi connectivity index (χ0n) is 14.8. The molecule has 0 unspecified atom stereocenters. The molecule has 1 aromatic heterocycles. The molecule has 0 spiro atoms. The molecule has 0 fully saturated rings. The van der Waals surface area contributed by atoms with Crippen molar-refractivity contribution >= 4 is 11.8 Å². The molecule has 2 N–H and O–H groups in total. The maximum absolute atomic E-state index is 11.9. The summed E-state index contributed by atoms with van der Waals surface area (Å²) < 4.78 is 10.7. The Balaban J connectivity index is 1.75. The lowest BCUT2D eigenvalue weighted by atomic mass is 10.0. The summed E-state index contributed by atoms with van der Waals surface area (Å²) in [7, 11) is 0. The third-order valence-corrected chi connectivity index (χ3v) is 3.64. The molecule has 2 rings (SSSR count). The van der Waals surface area contributed by atoms with Gasteiger partial charge in [-0.2, -0.15) is 0 Å². The molecule has 1 aromatic carbocycles. The van der Waals surface area contributed by atoms with E-state index in [2.05, 4.69) is 24.5 Å². The van der Waals surface area contributed by atoms with Gasteiger partial charge in [-0.05, 0) is 42.2 Å². The van der Waals surface area contributed by atoms with Gasteiger partial charge < -0.3 is 19.8 Å². The molecular weight excluding hydrogens is 320 g/mol. The monoisotopic (exact) mass is 344 g/mol. The van der Waals surface area contributed by atoms with Crippen LogP contribution in [-0.2, 0) is 16.1 Å². The Kier molecular flexibility index (Phi) is 6.62. The Hall–Kier alpha value is -2.76. The van der Waals surface area contributed by atoms with Crippen molar-refractivity contribution < 1.29 is 18.7 Å². The van der Waals surface area contributed by atoms with E-state index in [-0.39, 0.29) is 25.0 Å². The lowest BCUT2D eigenvalue weighted by Crippen LogP contribution is -2.38. The zero-order chi connectivity index (χ0) is 18.2. The van der Waals surface area contributed by atoms with E-state index in [1.807, 2.05) is 25.1 Å². The van der Waals surface area contributed by atoms with Crippen molar-refractivity contribution in [2.75, 3.05) is 13.2 Å². The van der Waals surface area contributed by atoms with Crippen molar-refractivity contribution in [1.82, 2.24) is 10.6 Å². The number of benzene rings is 1. The summed E-state index contributed by atoms with van der Waals surface area (Å²) in [5.41, 5.74) is 2.12. The van der Waals surface area contributed by atoms with E-state index in [9.17, 15) is 9.59 Å². The average Bonchev–Trinajstić information content (AvgIpc) is 3.09. The van der Waals surface area contributed by atoms with Gasteiger partial charge >= 0.3 is 0 Å². The van der Waals surface area contributed by atoms with Gasteiger partial charge in [0, 0.05) is 0 Å². The summed E-state index contributed by atoms with van der Waals surface area (Å²) in [5, 5.41) is 5.20. The quantitative estimate of drug-likeness (QED) is 0.771. The molecule has 1 heterocycles. The predicted octanol–water partition coefficient (Wildman–Crippen LogP) is 2.52. The third-order valence-electron chi connectivity index (χ3n) is 3.64. The standard InChI is InChI=1S/C19H24N2O4/c1-13(2)16-7-6-14(3)9-17(16)25-12-19(23)21-11-18(22)20-10-15-5-4-8-24-15/h4-9,13H,10-12H2,1-3H3,(H,20,22)(H,21,23). The topological polar surface area (TPSA) is 80.6 Å². The van der Waals surface area contributed by atoms with Crippen molar-refractivity contribution in [3.8, 4) is 5.75 Å². The molecule has 0 saturated heterocycles. The Morgan fingerprint density at radius 3 is 2.64 bits per heavy atom. The molecule has 0 radical (unpaired) electrons. The molecule has 0 aliphatic carbocycles. The highest BCUT2D eigenvalue weighted by atomic mass is 16.5. The summed E-state index contributed by atoms with van der Waals surface area (Å²) in [6.45, 7) is 6.17. The van der Waals surface area contributed by atoms with Gasteiger partial charge in [0.05, 0.1) is 19.4 Å². The van der Waals surface area contributed by atoms with Crippen LogP contribution < -0.4 is 15.4 Å². The number of hydrogen-bond donors (Lipinski definition) is 2. The first-order valence-corrected chi connectivity index (χ1v) is 8.25. The average molecular weight is 344 g/mol. The smallest absolute Gasteiger partial charge is 0.258 e. The van der Waals surface area contributed by atoms with Crippen molar-refractivity contribution in [2.45, 2.75) is 33.2 Å². The minimum absolute atomic E-state index is 0.103. The maximum atomic E-state index is 11.9. The third kappa shape index (κ3) is 5.99. The molecule has 6 heteroatoms. The zero-order valence-corrected chi connectivity index (χ0v) is 14.8. The van der Waals surface area contributed by atoms with Crippen LogP contribution in [0.3, 0.4) is 0 Å². The van der Waals surface area contributed by atoms with Gasteiger partial charge in [-0.3, -0.25) is 9.59 Å². The molecule has 0 atom stereocenters. The summed E-state index contributed by atoms with van der Waals surface area (Å²) in [6.07, 6.45) is 1.54. The van der Waals surface area contributed by atoms with Gasteiger partial charge in [-0.15, -0.1) is 0 Å². The minimum atomic E-state index is -0.343. The van der Waals surface area contributed by atoms with E-state index in [4.69, 9.17) is 9.15 Å². The van der Waals surface area contributed by atoms with Gasteiger partial charge in [0.2, 0.25) is 5.91 Å². The first-order chi connectivity index (χ1) is 12.0. The Morgan fingerprint density at radius 2 is 1.96 bits per heavy atom. The minimum Gasteiger partial charge on any atom is -0.483 e. The van der Waals surface area contributed by atoms with Crippen LogP contribution >= 0.6 is 0 Å². The van der Waals surface area contributed by atoms with Crippen LogP contribution in [-0.4, -0.2) is 25.0 Å². The second-order valence-electron chi connectivity index (χ2n) is 6.12. The number of hydrogen-bond acceptors (Lipinski definition) is 4. The van der Waals surface area contributed by atoms with E-state index < -0.39 is 0 Å². The number of carbonyl (C=O) groups is 2. The summed E-state index contributed by atoms with van der Waals surface area (Å²) in [4.78, 5) is 23.6. The van der Waals surface area contributed by atoms with Crippen LogP contribution in [0.25, 0.3) is 0 Å². The van der Waals surface area contributed by atoms with Gasteiger partial charge in [0.1, 0.15) is 11.5 Å². The highest BCUT2D eigenvalue weighted by Gasteiger charge is 2.11.